The van der Waals surface area contributed by atoms with Crippen molar-refractivity contribution in [2.24, 2.45) is 17.8 Å². The SMILES string of the molecule is CCC(C)N(C(=O)O)[C@@H]1C(=O)N2[C@@H](C[C@@](C)(Oc3ncc(OC)c4ccc(F)cc34)C2(F)F)C(=O)N[C@]2(C(=O)NS(=O)(=O)C3CC3)C[C@H]2/C=C\CC[C@H](C)C[C@H]1CC. The van der Waals surface area contributed by atoms with Gasteiger partial charge in [0.25, 0.3) is 11.8 Å². The van der Waals surface area contributed by atoms with E-state index in [1.807, 2.05) is 13.0 Å². The highest BCUT2D eigenvalue weighted by molar-refractivity contribution is 7.91. The fraction of sp³-hybridized carbons (Fsp3) is 0.625. The van der Waals surface area contributed by atoms with Crippen LogP contribution in [0, 0.1) is 23.6 Å². The number of hydrogen-bond donors (Lipinski definition) is 3. The van der Waals surface area contributed by atoms with Gasteiger partial charge in [-0.1, -0.05) is 39.3 Å². The zero-order valence-corrected chi connectivity index (χ0v) is 34.3. The van der Waals surface area contributed by atoms with E-state index in [2.05, 4.69) is 15.0 Å². The van der Waals surface area contributed by atoms with Crippen LogP contribution in [0.3, 0.4) is 0 Å². The molecule has 58 heavy (non-hydrogen) atoms. The Labute approximate surface area is 335 Å². The van der Waals surface area contributed by atoms with Gasteiger partial charge in [-0.25, -0.2) is 22.6 Å². The average Bonchev–Trinajstić information content (AvgIpc) is 4.09. The van der Waals surface area contributed by atoms with E-state index in [-0.39, 0.29) is 53.0 Å². The van der Waals surface area contributed by atoms with Crippen LogP contribution in [-0.2, 0) is 24.4 Å². The quantitative estimate of drug-likeness (QED) is 0.197. The lowest BCUT2D eigenvalue weighted by Gasteiger charge is -2.43. The predicted octanol–water partition coefficient (Wildman–Crippen LogP) is 5.75. The molecule has 4 amide bonds. The maximum atomic E-state index is 17.6. The Bertz CT molecular complexity index is 2100. The zero-order chi connectivity index (χ0) is 42.5. The van der Waals surface area contributed by atoms with Gasteiger partial charge in [-0.15, -0.1) is 0 Å². The summed E-state index contributed by atoms with van der Waals surface area (Å²) in [5.41, 5.74) is -4.61. The first kappa shape index (κ1) is 43.0. The summed E-state index contributed by atoms with van der Waals surface area (Å²) in [6, 6.07) is -5.40. The lowest BCUT2D eigenvalue weighted by atomic mass is 9.83. The fourth-order valence-corrected chi connectivity index (χ4v) is 9.85. The molecule has 2 aliphatic carbocycles. The number of carboxylic acid groups (broad SMARTS) is 1. The average molecular weight is 836 g/mol. The summed E-state index contributed by atoms with van der Waals surface area (Å²) in [5, 5.41) is 12.6. The molecule has 1 aromatic carbocycles. The molecule has 0 spiro atoms. The number of aromatic nitrogens is 1. The number of halogens is 3. The molecule has 3 heterocycles. The number of alkyl halides is 2. The highest BCUT2D eigenvalue weighted by Crippen LogP contribution is 2.51. The Morgan fingerprint density at radius 2 is 1.86 bits per heavy atom. The Balaban J connectivity index is 1.50. The molecule has 2 aliphatic heterocycles. The van der Waals surface area contributed by atoms with Crippen molar-refractivity contribution < 1.29 is 55.3 Å². The van der Waals surface area contributed by atoms with E-state index in [9.17, 15) is 32.3 Å². The number of nitrogens with zero attached hydrogens (tertiary/aromatic N) is 3. The van der Waals surface area contributed by atoms with Gasteiger partial charge in [-0.05, 0) is 88.8 Å². The van der Waals surface area contributed by atoms with Crippen LogP contribution in [0.2, 0.25) is 0 Å². The molecule has 3 N–H and O–H groups in total. The zero-order valence-electron chi connectivity index (χ0n) is 33.5. The van der Waals surface area contributed by atoms with Crippen LogP contribution in [0.5, 0.6) is 11.6 Å². The number of fused-ring (bicyclic) bond motifs is 3. The van der Waals surface area contributed by atoms with Crippen LogP contribution in [0.15, 0.2) is 36.5 Å². The lowest BCUT2D eigenvalue weighted by Crippen LogP contribution is -2.64. The van der Waals surface area contributed by atoms with Gasteiger partial charge in [0.15, 0.2) is 5.60 Å². The van der Waals surface area contributed by atoms with Gasteiger partial charge in [0, 0.05) is 23.8 Å². The van der Waals surface area contributed by atoms with Gasteiger partial charge in [-0.3, -0.25) is 28.9 Å². The van der Waals surface area contributed by atoms with Gasteiger partial charge in [0.1, 0.15) is 29.2 Å². The molecule has 318 valence electrons. The number of amides is 4. The summed E-state index contributed by atoms with van der Waals surface area (Å²) in [6.07, 6.45) is 4.80. The minimum atomic E-state index is -4.36. The normalized spacial score (nSPS) is 31.1. The van der Waals surface area contributed by atoms with Crippen molar-refractivity contribution in [3.05, 3.63) is 42.4 Å². The van der Waals surface area contributed by atoms with Crippen LogP contribution in [0.4, 0.5) is 18.0 Å². The minimum Gasteiger partial charge on any atom is -0.494 e. The highest BCUT2D eigenvalue weighted by Gasteiger charge is 2.71. The molecule has 1 unspecified atom stereocenters. The van der Waals surface area contributed by atoms with Gasteiger partial charge in [-0.2, -0.15) is 8.78 Å². The van der Waals surface area contributed by atoms with Gasteiger partial charge < -0.3 is 19.9 Å². The van der Waals surface area contributed by atoms with Gasteiger partial charge >= 0.3 is 12.1 Å². The summed E-state index contributed by atoms with van der Waals surface area (Å²) < 4.78 is 89.2. The molecule has 8 atom stereocenters. The number of methoxy groups -OCH3 is 1. The molecule has 3 fully saturated rings. The number of benzene rings is 1. The molecular weight excluding hydrogens is 784 g/mol. The summed E-state index contributed by atoms with van der Waals surface area (Å²) in [7, 11) is -2.75. The minimum absolute atomic E-state index is 0.0385. The molecular formula is C40H52F3N5O9S. The van der Waals surface area contributed by atoms with E-state index in [0.29, 0.717) is 25.7 Å². The third kappa shape index (κ3) is 7.79. The summed E-state index contributed by atoms with van der Waals surface area (Å²) in [4.78, 5) is 61.8. The van der Waals surface area contributed by atoms with Crippen LogP contribution < -0.4 is 19.5 Å². The van der Waals surface area contributed by atoms with Crippen LogP contribution in [-0.4, -0.2) is 99.8 Å². The Kier molecular flexibility index (Phi) is 11.8. The second-order valence-electron chi connectivity index (χ2n) is 16.5. The number of sulfonamides is 1. The molecule has 0 bridgehead atoms. The van der Waals surface area contributed by atoms with Crippen molar-refractivity contribution in [1.29, 1.82) is 0 Å². The number of pyridine rings is 1. The standard InChI is InChI=1S/C40H52F3N5O9S/c1-7-23(4)47(37(52)53)32-24(8-2)17-22(3)11-9-10-12-25-19-39(25,36(51)46-58(54,55)27-14-15-27)45-33(49)30-20-38(5,40(42,43)48(30)35(32)50)57-34-29-18-26(41)13-16-28(29)31(56-6)21-44-34/h10,12-13,16,18,21-25,27,30,32H,7-9,11,14-15,17,19-20H2,1-6H3,(H,45,49)(H,46,51)(H,52,53)/b12-10-/t22-,23?,24+,25+,30-,32-,38+,39+/m0/s1. The van der Waals surface area contributed by atoms with Crippen molar-refractivity contribution in [3.63, 3.8) is 0 Å². The Hall–Kier alpha value is -4.61. The number of allylic oxidation sites excluding steroid dienone is 1. The second kappa shape index (κ2) is 15.9. The van der Waals surface area contributed by atoms with Crippen LogP contribution >= 0.6 is 0 Å². The number of rotatable bonds is 10. The van der Waals surface area contributed by atoms with E-state index in [0.717, 1.165) is 24.0 Å². The van der Waals surface area contributed by atoms with Gasteiger partial charge in [0.2, 0.25) is 21.8 Å². The topological polar surface area (TPSA) is 185 Å². The maximum absolute atomic E-state index is 17.6. The third-order valence-electron chi connectivity index (χ3n) is 12.4. The largest absolute Gasteiger partial charge is 0.494 e. The van der Waals surface area contributed by atoms with Crippen molar-refractivity contribution >= 4 is 44.6 Å². The molecule has 1 saturated heterocycles. The van der Waals surface area contributed by atoms with Crippen LogP contribution in [0.25, 0.3) is 10.8 Å². The molecule has 0 radical (unpaired) electrons. The first-order valence-electron chi connectivity index (χ1n) is 19.8. The highest BCUT2D eigenvalue weighted by atomic mass is 32.2. The predicted molar refractivity (Wildman–Crippen MR) is 206 cm³/mol. The van der Waals surface area contributed by atoms with Crippen molar-refractivity contribution in [2.45, 2.75) is 133 Å². The van der Waals surface area contributed by atoms with Crippen molar-refractivity contribution in [2.75, 3.05) is 7.11 Å². The van der Waals surface area contributed by atoms with E-state index in [4.69, 9.17) is 9.47 Å². The van der Waals surface area contributed by atoms with Crippen LogP contribution in [0.1, 0.15) is 92.4 Å². The molecule has 2 aromatic rings. The first-order chi connectivity index (χ1) is 27.2. The Morgan fingerprint density at radius 1 is 1.16 bits per heavy atom. The third-order valence-corrected chi connectivity index (χ3v) is 14.2. The van der Waals surface area contributed by atoms with E-state index >= 15 is 13.6 Å². The van der Waals surface area contributed by atoms with Crippen molar-refractivity contribution in [3.8, 4) is 11.6 Å². The molecule has 2 saturated carbocycles. The molecule has 6 rings (SSSR count). The number of carbonyl (C=O) groups is 4. The first-order valence-corrected chi connectivity index (χ1v) is 21.4. The molecule has 18 heteroatoms. The molecule has 4 aliphatic rings. The lowest BCUT2D eigenvalue weighted by molar-refractivity contribution is -0.219. The number of hydrogen-bond acceptors (Lipinski definition) is 9. The monoisotopic (exact) mass is 835 g/mol. The molecule has 1 aromatic heterocycles. The number of nitrogens with one attached hydrogen (secondary N) is 2. The maximum Gasteiger partial charge on any atom is 0.408 e. The summed E-state index contributed by atoms with van der Waals surface area (Å²) in [5.74, 6) is -6.15. The smallest absolute Gasteiger partial charge is 0.408 e. The number of ether oxygens (including phenoxy) is 2. The summed E-state index contributed by atoms with van der Waals surface area (Å²) >= 11 is 0. The fourth-order valence-electron chi connectivity index (χ4n) is 8.49. The van der Waals surface area contributed by atoms with E-state index in [1.165, 1.54) is 19.4 Å². The summed E-state index contributed by atoms with van der Waals surface area (Å²) in [6.45, 7) is 7.91. The van der Waals surface area contributed by atoms with E-state index < -0.39 is 104 Å². The van der Waals surface area contributed by atoms with Crippen molar-refractivity contribution in [1.82, 2.24) is 24.8 Å². The van der Waals surface area contributed by atoms with E-state index in [1.54, 1.807) is 26.8 Å². The van der Waals surface area contributed by atoms with Gasteiger partial charge in [0.05, 0.1) is 23.9 Å². The Morgan fingerprint density at radius 3 is 2.48 bits per heavy atom. The molecule has 14 nitrogen and oxygen atoms in total. The second-order valence-corrected chi connectivity index (χ2v) is 18.4. The number of carbonyl (C=O) groups excluding carboxylic acids is 3.